The van der Waals surface area contributed by atoms with E-state index in [2.05, 4.69) is 26.1 Å². The second-order valence-corrected chi connectivity index (χ2v) is 10.8. The molecule has 1 heterocycles. The van der Waals surface area contributed by atoms with Crippen molar-refractivity contribution in [3.05, 3.63) is 29.3 Å². The molecule has 0 aromatic heterocycles. The Labute approximate surface area is 212 Å². The van der Waals surface area contributed by atoms with Gasteiger partial charge in [-0.3, -0.25) is 9.59 Å². The van der Waals surface area contributed by atoms with Gasteiger partial charge >= 0.3 is 19.1 Å². The molecule has 1 aromatic rings. The van der Waals surface area contributed by atoms with E-state index in [1.54, 1.807) is 19.1 Å². The molecular weight excluding hydrogens is 465 g/mol. The second-order valence-electron chi connectivity index (χ2n) is 10.8. The fourth-order valence-electron chi connectivity index (χ4n) is 6.22. The van der Waals surface area contributed by atoms with Crippen molar-refractivity contribution in [1.29, 1.82) is 0 Å². The van der Waals surface area contributed by atoms with E-state index in [9.17, 15) is 14.4 Å². The first kappa shape index (κ1) is 26.5. The van der Waals surface area contributed by atoms with Crippen LogP contribution in [-0.4, -0.2) is 56.5 Å². The molecule has 0 spiro atoms. The summed E-state index contributed by atoms with van der Waals surface area (Å²) in [6, 6.07) is 5.12. The standard InChI is InChI=1S/C26H36BNO8/c1-7-22(30)28-21(27-35-20-13-17-12-19(25(17,3)4)26(20,5)36-27)11-16-9-8-10-18(23(16)32-6)24(31)34-14-33-15(2)29/h8-10,17,19-21H,7,11-14H2,1-6H3,(H,28,30). The molecule has 9 nitrogen and oxygen atoms in total. The molecule has 4 fully saturated rings. The van der Waals surface area contributed by atoms with E-state index in [0.29, 0.717) is 36.0 Å². The summed E-state index contributed by atoms with van der Waals surface area (Å²) >= 11 is 0. The Morgan fingerprint density at radius 3 is 2.58 bits per heavy atom. The number of esters is 2. The molecule has 10 heteroatoms. The topological polar surface area (TPSA) is 109 Å². The summed E-state index contributed by atoms with van der Waals surface area (Å²) in [4.78, 5) is 36.1. The van der Waals surface area contributed by atoms with Gasteiger partial charge in [-0.1, -0.05) is 32.9 Å². The van der Waals surface area contributed by atoms with Crippen LogP contribution >= 0.6 is 0 Å². The average molecular weight is 501 g/mol. The second kappa shape index (κ2) is 10.1. The van der Waals surface area contributed by atoms with Crippen LogP contribution in [0.1, 0.15) is 69.8 Å². The quantitative estimate of drug-likeness (QED) is 0.313. The third kappa shape index (κ3) is 4.73. The van der Waals surface area contributed by atoms with E-state index < -0.39 is 37.4 Å². The van der Waals surface area contributed by atoms with Crippen LogP contribution in [0.2, 0.25) is 0 Å². The van der Waals surface area contributed by atoms with Crippen molar-refractivity contribution in [2.75, 3.05) is 13.9 Å². The predicted octanol–water partition coefficient (Wildman–Crippen LogP) is 3.08. The largest absolute Gasteiger partial charge is 0.496 e. The number of ether oxygens (including phenoxy) is 3. The third-order valence-electron chi connectivity index (χ3n) is 8.38. The zero-order valence-corrected chi connectivity index (χ0v) is 21.9. The molecule has 2 bridgehead atoms. The molecule has 1 aromatic carbocycles. The number of hydrogen-bond acceptors (Lipinski definition) is 8. The number of carbonyl (C=O) groups excluding carboxylic acids is 3. The third-order valence-corrected chi connectivity index (χ3v) is 8.38. The van der Waals surface area contributed by atoms with Gasteiger partial charge in [0, 0.05) is 13.3 Å². The Hall–Kier alpha value is -2.59. The highest BCUT2D eigenvalue weighted by Gasteiger charge is 2.68. The summed E-state index contributed by atoms with van der Waals surface area (Å²) in [6.07, 6.45) is 2.70. The molecule has 4 aliphatic rings. The van der Waals surface area contributed by atoms with Gasteiger partial charge in [0.05, 0.1) is 24.8 Å². The summed E-state index contributed by atoms with van der Waals surface area (Å²) in [5, 5.41) is 3.06. The van der Waals surface area contributed by atoms with Crippen molar-refractivity contribution in [2.24, 2.45) is 17.3 Å². The first-order chi connectivity index (χ1) is 17.0. The van der Waals surface area contributed by atoms with Gasteiger partial charge in [-0.2, -0.15) is 0 Å². The molecule has 5 atom stereocenters. The van der Waals surface area contributed by atoms with E-state index in [0.717, 1.165) is 12.8 Å². The summed E-state index contributed by atoms with van der Waals surface area (Å²) in [6.45, 7) is 9.28. The van der Waals surface area contributed by atoms with Crippen molar-refractivity contribution < 1.29 is 37.9 Å². The number of nitrogens with one attached hydrogen (secondary N) is 1. The number of rotatable bonds is 9. The van der Waals surface area contributed by atoms with Gasteiger partial charge in [-0.15, -0.1) is 0 Å². The Morgan fingerprint density at radius 1 is 1.19 bits per heavy atom. The number of benzene rings is 1. The van der Waals surface area contributed by atoms with Crippen LogP contribution in [0.3, 0.4) is 0 Å². The Morgan fingerprint density at radius 2 is 1.94 bits per heavy atom. The van der Waals surface area contributed by atoms with E-state index in [1.165, 1.54) is 14.0 Å². The zero-order valence-electron chi connectivity index (χ0n) is 21.9. The van der Waals surface area contributed by atoms with Gasteiger partial charge in [0.1, 0.15) is 11.3 Å². The minimum Gasteiger partial charge on any atom is -0.496 e. The maximum absolute atomic E-state index is 12.6. The first-order valence-electron chi connectivity index (χ1n) is 12.6. The minimum atomic E-state index is -0.682. The first-order valence-corrected chi connectivity index (χ1v) is 12.6. The lowest BCUT2D eigenvalue weighted by atomic mass is 9.43. The summed E-state index contributed by atoms with van der Waals surface area (Å²) in [5.41, 5.74) is 0.678. The molecule has 1 aliphatic heterocycles. The number of amides is 1. The molecule has 36 heavy (non-hydrogen) atoms. The molecular formula is C26H36BNO8. The maximum Gasteiger partial charge on any atom is 0.482 e. The smallest absolute Gasteiger partial charge is 0.482 e. The van der Waals surface area contributed by atoms with Crippen LogP contribution in [0.25, 0.3) is 0 Å². The Bertz CT molecular complexity index is 1030. The molecule has 196 valence electrons. The van der Waals surface area contributed by atoms with E-state index in [-0.39, 0.29) is 23.0 Å². The lowest BCUT2D eigenvalue weighted by Crippen LogP contribution is -2.65. The van der Waals surface area contributed by atoms with Gasteiger partial charge in [-0.05, 0) is 55.1 Å². The Balaban J connectivity index is 1.56. The molecule has 1 saturated heterocycles. The fourth-order valence-corrected chi connectivity index (χ4v) is 6.22. The molecule has 5 unspecified atom stereocenters. The van der Waals surface area contributed by atoms with Crippen LogP contribution < -0.4 is 10.1 Å². The normalized spacial score (nSPS) is 28.4. The van der Waals surface area contributed by atoms with Crippen molar-refractivity contribution in [3.8, 4) is 5.75 Å². The SMILES string of the molecule is CCC(=O)NC(Cc1cccc(C(=O)OCOC(C)=O)c1OC)B1OC2CC3CC(C3(C)C)C2(C)O1. The lowest BCUT2D eigenvalue weighted by molar-refractivity contribution is -0.199. The summed E-state index contributed by atoms with van der Waals surface area (Å²) in [7, 11) is 0.837. The average Bonchev–Trinajstić information content (AvgIpc) is 3.20. The number of hydrogen-bond donors (Lipinski definition) is 1. The highest BCUT2D eigenvalue weighted by Crippen LogP contribution is 2.65. The molecule has 5 rings (SSSR count). The van der Waals surface area contributed by atoms with Gasteiger partial charge < -0.3 is 28.8 Å². The van der Waals surface area contributed by atoms with Crippen LogP contribution in [0.5, 0.6) is 5.75 Å². The highest BCUT2D eigenvalue weighted by molar-refractivity contribution is 6.48. The monoisotopic (exact) mass is 501 g/mol. The minimum absolute atomic E-state index is 0.0233. The van der Waals surface area contributed by atoms with Crippen LogP contribution in [0, 0.1) is 17.3 Å². The van der Waals surface area contributed by atoms with Crippen molar-refractivity contribution in [1.82, 2.24) is 5.32 Å². The molecule has 3 aliphatic carbocycles. The van der Waals surface area contributed by atoms with Gasteiger partial charge in [0.2, 0.25) is 12.7 Å². The fraction of sp³-hybridized carbons (Fsp3) is 0.654. The van der Waals surface area contributed by atoms with Crippen molar-refractivity contribution in [2.45, 2.75) is 77.9 Å². The summed E-state index contributed by atoms with van der Waals surface area (Å²) in [5.74, 6) is -0.504. The Kier molecular flexibility index (Phi) is 7.39. The number of methoxy groups -OCH3 is 1. The molecule has 1 N–H and O–H groups in total. The lowest BCUT2D eigenvalue weighted by Gasteiger charge is -2.64. The van der Waals surface area contributed by atoms with Crippen molar-refractivity contribution in [3.63, 3.8) is 0 Å². The summed E-state index contributed by atoms with van der Waals surface area (Å²) < 4.78 is 28.4. The van der Waals surface area contributed by atoms with Crippen LogP contribution in [-0.2, 0) is 34.8 Å². The van der Waals surface area contributed by atoms with Gasteiger partial charge in [-0.25, -0.2) is 4.79 Å². The van der Waals surface area contributed by atoms with E-state index in [4.69, 9.17) is 23.5 Å². The maximum atomic E-state index is 12.6. The highest BCUT2D eigenvalue weighted by atomic mass is 16.7. The molecule has 3 saturated carbocycles. The van der Waals surface area contributed by atoms with E-state index in [1.807, 2.05) is 6.07 Å². The van der Waals surface area contributed by atoms with E-state index >= 15 is 0 Å². The number of carbonyl (C=O) groups is 3. The molecule has 1 amide bonds. The van der Waals surface area contributed by atoms with Gasteiger partial charge in [0.25, 0.3) is 0 Å². The van der Waals surface area contributed by atoms with Crippen molar-refractivity contribution >= 4 is 25.0 Å². The van der Waals surface area contributed by atoms with Crippen LogP contribution in [0.15, 0.2) is 18.2 Å². The van der Waals surface area contributed by atoms with Gasteiger partial charge in [0.15, 0.2) is 0 Å². The molecule has 0 radical (unpaired) electrons. The zero-order chi connectivity index (χ0) is 26.3. The van der Waals surface area contributed by atoms with Crippen LogP contribution in [0.4, 0.5) is 0 Å². The predicted molar refractivity (Wildman–Crippen MR) is 131 cm³/mol. The number of para-hydroxylation sites is 1.